The predicted octanol–water partition coefficient (Wildman–Crippen LogP) is 5.07. The minimum atomic E-state index is -1.11. The van der Waals surface area contributed by atoms with Gasteiger partial charge in [-0.1, -0.05) is 61.9 Å². The van der Waals surface area contributed by atoms with Crippen LogP contribution in [0.15, 0.2) is 53.3 Å². The van der Waals surface area contributed by atoms with Crippen LogP contribution in [0.25, 0.3) is 11.0 Å². The van der Waals surface area contributed by atoms with Crippen molar-refractivity contribution >= 4 is 46.3 Å². The summed E-state index contributed by atoms with van der Waals surface area (Å²) in [6.07, 6.45) is 9.87. The Hall–Kier alpha value is -2.94. The molecule has 0 saturated heterocycles. The van der Waals surface area contributed by atoms with Crippen molar-refractivity contribution < 1.29 is 14.7 Å². The summed E-state index contributed by atoms with van der Waals surface area (Å²) >= 11 is 2.56. The number of nitrogens with one attached hydrogen (secondary N) is 1. The van der Waals surface area contributed by atoms with Crippen molar-refractivity contribution in [1.82, 2.24) is 9.88 Å². The van der Waals surface area contributed by atoms with Gasteiger partial charge in [0.1, 0.15) is 11.2 Å². The molecule has 43 heavy (non-hydrogen) atoms. The standard InChI is InChI=1S/C35H40N2O4S2/c1-21-26-14-13-25(16-30(26)28-10-6-9-27(28)29(21)15-23-7-4-3-5-8-23)17-31-34(41)37(19-33(39)40)35(43-31)32(20-38)42-22(2)36-18-24-11-12-24/h3-5,7-8,13-14,16-17,20-22,24,27-29,36H,6,9-12,15,18-19H2,1-2H3,(H,39,40). The zero-order valence-corrected chi connectivity index (χ0v) is 26.5. The van der Waals surface area contributed by atoms with Gasteiger partial charge in [0.25, 0.3) is 5.56 Å². The van der Waals surface area contributed by atoms with Gasteiger partial charge < -0.3 is 10.4 Å². The summed E-state index contributed by atoms with van der Waals surface area (Å²) in [5.74, 6) is 1.81. The number of fused-ring (bicyclic) bond motifs is 3. The van der Waals surface area contributed by atoms with Crippen LogP contribution in [0.5, 0.6) is 0 Å². The summed E-state index contributed by atoms with van der Waals surface area (Å²) in [7, 11) is 0. The Kier molecular flexibility index (Phi) is 9.08. The van der Waals surface area contributed by atoms with Crippen LogP contribution in [0, 0.1) is 17.8 Å². The van der Waals surface area contributed by atoms with E-state index >= 15 is 0 Å². The number of thioether (sulfide) groups is 1. The second kappa shape index (κ2) is 13.0. The molecule has 0 bridgehead atoms. The van der Waals surface area contributed by atoms with Crippen LogP contribution in [0.4, 0.5) is 0 Å². The van der Waals surface area contributed by atoms with Gasteiger partial charge in [-0.05, 0) is 103 Å². The number of carboxylic acids is 1. The molecular weight excluding hydrogens is 577 g/mol. The Bertz CT molecular complexity index is 1670. The highest BCUT2D eigenvalue weighted by atomic mass is 32.2. The number of benzene rings is 2. The van der Waals surface area contributed by atoms with E-state index in [0.29, 0.717) is 43.7 Å². The van der Waals surface area contributed by atoms with Crippen LogP contribution in [0.1, 0.15) is 80.0 Å². The molecular formula is C35H40N2O4S2. The monoisotopic (exact) mass is 616 g/mol. The lowest BCUT2D eigenvalue weighted by Crippen LogP contribution is -2.35. The predicted molar refractivity (Wildman–Crippen MR) is 175 cm³/mol. The Balaban J connectivity index is 1.35. The maximum absolute atomic E-state index is 13.5. The number of nitrogens with zero attached hydrogens (tertiary/aromatic N) is 1. The molecule has 2 fully saturated rings. The lowest BCUT2D eigenvalue weighted by molar-refractivity contribution is -0.137. The van der Waals surface area contributed by atoms with Gasteiger partial charge in [-0.15, -0.1) is 23.1 Å². The molecule has 2 saturated carbocycles. The molecule has 3 aliphatic carbocycles. The Morgan fingerprint density at radius 2 is 1.93 bits per heavy atom. The van der Waals surface area contributed by atoms with E-state index in [4.69, 9.17) is 0 Å². The van der Waals surface area contributed by atoms with E-state index in [1.54, 1.807) is 0 Å². The van der Waals surface area contributed by atoms with Gasteiger partial charge in [-0.25, -0.2) is 0 Å². The molecule has 3 aromatic rings. The third kappa shape index (κ3) is 6.61. The van der Waals surface area contributed by atoms with Crippen molar-refractivity contribution in [3.63, 3.8) is 0 Å². The molecule has 226 valence electrons. The fraction of sp³-hybridized carbons (Fsp3) is 0.457. The lowest BCUT2D eigenvalue weighted by Gasteiger charge is -2.41. The lowest BCUT2D eigenvalue weighted by atomic mass is 9.63. The van der Waals surface area contributed by atoms with E-state index in [-0.39, 0.29) is 10.9 Å². The Morgan fingerprint density at radius 1 is 1.14 bits per heavy atom. The molecule has 1 heterocycles. The van der Waals surface area contributed by atoms with Crippen molar-refractivity contribution in [1.29, 1.82) is 0 Å². The van der Waals surface area contributed by atoms with E-state index in [1.165, 1.54) is 76.5 Å². The number of thiazole rings is 1. The third-order valence-electron chi connectivity index (χ3n) is 9.59. The largest absolute Gasteiger partial charge is 0.480 e. The first kappa shape index (κ1) is 30.1. The number of hydrogen-bond donors (Lipinski definition) is 2. The van der Waals surface area contributed by atoms with E-state index < -0.39 is 12.5 Å². The molecule has 8 heteroatoms. The number of aliphatic carboxylic acids is 1. The molecule has 3 aliphatic rings. The molecule has 0 spiro atoms. The molecule has 5 unspecified atom stereocenters. The van der Waals surface area contributed by atoms with Crippen LogP contribution in [-0.4, -0.2) is 33.8 Å². The summed E-state index contributed by atoms with van der Waals surface area (Å²) in [5.41, 5.74) is 4.81. The van der Waals surface area contributed by atoms with Crippen molar-refractivity contribution in [3.05, 3.63) is 90.3 Å². The van der Waals surface area contributed by atoms with Crippen molar-refractivity contribution in [2.75, 3.05) is 6.54 Å². The number of aromatic nitrogens is 1. The quantitative estimate of drug-likeness (QED) is 0.231. The van der Waals surface area contributed by atoms with Gasteiger partial charge in [0.2, 0.25) is 0 Å². The minimum absolute atomic E-state index is 0.0311. The third-order valence-corrected chi connectivity index (χ3v) is 11.9. The molecule has 0 radical (unpaired) electrons. The average Bonchev–Trinajstić information content (AvgIpc) is 3.63. The Labute approximate surface area is 260 Å². The summed E-state index contributed by atoms with van der Waals surface area (Å²) in [5, 5.41) is 13.0. The van der Waals surface area contributed by atoms with Gasteiger partial charge in [-0.3, -0.25) is 19.0 Å². The first-order valence-electron chi connectivity index (χ1n) is 15.5. The molecule has 6 rings (SSSR count). The van der Waals surface area contributed by atoms with Crippen molar-refractivity contribution in [2.24, 2.45) is 17.8 Å². The highest BCUT2D eigenvalue weighted by molar-refractivity contribution is 8.09. The van der Waals surface area contributed by atoms with Gasteiger partial charge in [-0.2, -0.15) is 0 Å². The molecule has 1 aromatic heterocycles. The van der Waals surface area contributed by atoms with Crippen LogP contribution in [0.3, 0.4) is 0 Å². The number of hydrogen-bond acceptors (Lipinski definition) is 6. The Morgan fingerprint density at radius 3 is 2.65 bits per heavy atom. The first-order chi connectivity index (χ1) is 20.8. The van der Waals surface area contributed by atoms with Crippen LogP contribution >= 0.6 is 23.1 Å². The summed E-state index contributed by atoms with van der Waals surface area (Å²) < 4.78 is 2.10. The zero-order valence-electron chi connectivity index (χ0n) is 24.8. The van der Waals surface area contributed by atoms with Crippen molar-refractivity contribution in [2.45, 2.75) is 76.1 Å². The molecule has 2 aromatic carbocycles. The van der Waals surface area contributed by atoms with E-state index in [1.807, 2.05) is 13.0 Å². The smallest absolute Gasteiger partial charge is 0.323 e. The maximum atomic E-state index is 13.5. The molecule has 0 amide bonds. The van der Waals surface area contributed by atoms with E-state index in [0.717, 1.165) is 24.8 Å². The summed E-state index contributed by atoms with van der Waals surface area (Å²) in [6.45, 7) is 4.78. The summed E-state index contributed by atoms with van der Waals surface area (Å²) in [6, 6.07) is 17.4. The van der Waals surface area contributed by atoms with Gasteiger partial charge in [0, 0.05) is 0 Å². The second-order valence-electron chi connectivity index (χ2n) is 12.5. The van der Waals surface area contributed by atoms with E-state index in [2.05, 4.69) is 60.8 Å². The van der Waals surface area contributed by atoms with Crippen LogP contribution < -0.4 is 20.1 Å². The average molecular weight is 617 g/mol. The fourth-order valence-corrected chi connectivity index (χ4v) is 9.37. The normalized spacial score (nSPS) is 24.7. The molecule has 2 N–H and O–H groups in total. The highest BCUT2D eigenvalue weighted by Gasteiger charge is 2.43. The number of carbonyl (C=O) groups is 2. The zero-order chi connectivity index (χ0) is 30.1. The van der Waals surface area contributed by atoms with Gasteiger partial charge in [0.05, 0.1) is 14.8 Å². The van der Waals surface area contributed by atoms with Crippen LogP contribution in [-0.2, 0) is 22.6 Å². The highest BCUT2D eigenvalue weighted by Crippen LogP contribution is 2.54. The molecule has 6 nitrogen and oxygen atoms in total. The minimum Gasteiger partial charge on any atom is -0.480 e. The van der Waals surface area contributed by atoms with Gasteiger partial charge >= 0.3 is 5.97 Å². The van der Waals surface area contributed by atoms with Crippen LogP contribution in [0.2, 0.25) is 0 Å². The van der Waals surface area contributed by atoms with Gasteiger partial charge in [0.15, 0.2) is 6.29 Å². The number of rotatable bonds is 11. The topological polar surface area (TPSA) is 88.4 Å². The molecule has 0 aliphatic heterocycles. The molecule has 5 atom stereocenters. The number of aldehydes is 1. The van der Waals surface area contributed by atoms with E-state index in [9.17, 15) is 19.5 Å². The SMILES string of the molecule is CC(NCC1CC1)SC(C=O)=c1sc(=Cc2ccc3c(c2)C2CCCC2C(Cc2ccccc2)C3C)c(=O)n1CC(=O)O. The summed E-state index contributed by atoms with van der Waals surface area (Å²) in [4.78, 5) is 37.8. The number of carboxylic acid groups (broad SMARTS) is 1. The number of carbonyl (C=O) groups excluding carboxylic acids is 1. The second-order valence-corrected chi connectivity index (χ2v) is 14.9. The van der Waals surface area contributed by atoms with Crippen molar-refractivity contribution in [3.8, 4) is 0 Å². The maximum Gasteiger partial charge on any atom is 0.323 e. The first-order valence-corrected chi connectivity index (χ1v) is 17.2. The fourth-order valence-electron chi connectivity index (χ4n) is 7.27.